The Bertz CT molecular complexity index is 607. The van der Waals surface area contributed by atoms with Gasteiger partial charge in [0.2, 0.25) is 0 Å². The first-order valence-corrected chi connectivity index (χ1v) is 5.70. The van der Waals surface area contributed by atoms with E-state index in [9.17, 15) is 36.2 Å². The Morgan fingerprint density at radius 3 is 2.45 bits per heavy atom. The van der Waals surface area contributed by atoms with E-state index >= 15 is 0 Å². The smallest absolute Gasteiger partial charge is 0.362 e. The van der Waals surface area contributed by atoms with Crippen molar-refractivity contribution in [2.45, 2.75) is 31.0 Å². The second-order valence-corrected chi connectivity index (χ2v) is 4.42. The van der Waals surface area contributed by atoms with Crippen molar-refractivity contribution < 1.29 is 36.2 Å². The van der Waals surface area contributed by atoms with Gasteiger partial charge in [0.25, 0.3) is 11.6 Å². The molecule has 1 aliphatic rings. The number of aromatic nitrogens is 2. The molecule has 2 rings (SSSR count). The number of hydrogen-bond donors (Lipinski definition) is 1. The summed E-state index contributed by atoms with van der Waals surface area (Å²) in [6, 6.07) is 0.566. The van der Waals surface area contributed by atoms with Crippen LogP contribution in [-0.4, -0.2) is 43.9 Å². The monoisotopic (exact) mass is 330 g/mol. The number of carbonyl (C=O) groups excluding carboxylic acids is 1. The first-order chi connectivity index (χ1) is 9.95. The maximum atomic E-state index is 12.8. The number of aliphatic hydroxyl groups is 1. The van der Waals surface area contributed by atoms with Crippen molar-refractivity contribution in [1.29, 1.82) is 0 Å². The van der Waals surface area contributed by atoms with Gasteiger partial charge in [0.1, 0.15) is 6.54 Å². The lowest BCUT2D eigenvalue weighted by atomic mass is 10.1. The Kier molecular flexibility index (Phi) is 3.67. The predicted octanol–water partition coefficient (Wildman–Crippen LogP) is 1.37. The topological polar surface area (TPSA) is 70.7 Å². The fraction of sp³-hybridized carbons (Fsp3) is 0.500. The van der Waals surface area contributed by atoms with Crippen LogP contribution in [0.1, 0.15) is 12.1 Å². The van der Waals surface area contributed by atoms with Crippen LogP contribution >= 0.6 is 0 Å². The molecule has 1 aromatic heterocycles. The summed E-state index contributed by atoms with van der Waals surface area (Å²) in [5, 5.41) is 15.5. The Hall–Kier alpha value is -2.11. The van der Waals surface area contributed by atoms with Gasteiger partial charge in [0.15, 0.2) is 5.69 Å². The lowest BCUT2D eigenvalue weighted by Crippen LogP contribution is -2.57. The van der Waals surface area contributed by atoms with E-state index in [2.05, 4.69) is 10.2 Å². The van der Waals surface area contributed by atoms with Crippen LogP contribution in [0.2, 0.25) is 0 Å². The molecular weight excluding hydrogens is 322 g/mol. The number of rotatable bonds is 2. The van der Waals surface area contributed by atoms with Crippen LogP contribution in [0.3, 0.4) is 0 Å². The standard InChI is InChI=1S/C10H8F6N4O2/c11-9(12,13)6-1-4-19(18-6)5-7(21)20-8(22,2-3-17-20)10(14,15)16/h1,3-4,22H,2,5H2/t8-/m0/s1. The summed E-state index contributed by atoms with van der Waals surface area (Å²) in [7, 11) is 0. The van der Waals surface area contributed by atoms with E-state index in [0.29, 0.717) is 17.0 Å². The van der Waals surface area contributed by atoms with Gasteiger partial charge in [-0.2, -0.15) is 41.6 Å². The molecule has 6 nitrogen and oxygen atoms in total. The summed E-state index contributed by atoms with van der Waals surface area (Å²) in [5.41, 5.74) is -4.80. The molecule has 22 heavy (non-hydrogen) atoms. The molecule has 0 aliphatic carbocycles. The Labute approximate surface area is 118 Å². The highest BCUT2D eigenvalue weighted by molar-refractivity contribution is 5.80. The van der Waals surface area contributed by atoms with Crippen molar-refractivity contribution in [2.75, 3.05) is 0 Å². The van der Waals surface area contributed by atoms with Gasteiger partial charge in [-0.25, -0.2) is 0 Å². The Morgan fingerprint density at radius 1 is 1.32 bits per heavy atom. The molecule has 0 bridgehead atoms. The zero-order chi connectivity index (χ0) is 16.8. The van der Waals surface area contributed by atoms with Gasteiger partial charge >= 0.3 is 12.4 Å². The van der Waals surface area contributed by atoms with E-state index in [4.69, 9.17) is 0 Å². The third-order valence-electron chi connectivity index (χ3n) is 2.84. The lowest BCUT2D eigenvalue weighted by Gasteiger charge is -2.32. The number of carbonyl (C=O) groups is 1. The average molecular weight is 330 g/mol. The number of hydrazone groups is 1. The van der Waals surface area contributed by atoms with Gasteiger partial charge < -0.3 is 5.11 Å². The molecule has 1 atom stereocenters. The van der Waals surface area contributed by atoms with Crippen LogP contribution in [-0.2, 0) is 17.5 Å². The van der Waals surface area contributed by atoms with Crippen molar-refractivity contribution in [2.24, 2.45) is 5.10 Å². The molecule has 12 heteroatoms. The molecule has 1 aromatic rings. The second-order valence-electron chi connectivity index (χ2n) is 4.42. The van der Waals surface area contributed by atoms with Crippen molar-refractivity contribution in [3.05, 3.63) is 18.0 Å². The highest BCUT2D eigenvalue weighted by Gasteiger charge is 2.61. The first-order valence-electron chi connectivity index (χ1n) is 5.70. The van der Waals surface area contributed by atoms with Crippen molar-refractivity contribution in [3.8, 4) is 0 Å². The third-order valence-corrected chi connectivity index (χ3v) is 2.84. The van der Waals surface area contributed by atoms with E-state index in [1.54, 1.807) is 0 Å². The summed E-state index contributed by atoms with van der Waals surface area (Å²) < 4.78 is 75.8. The lowest BCUT2D eigenvalue weighted by molar-refractivity contribution is -0.302. The average Bonchev–Trinajstić information content (AvgIpc) is 2.94. The SMILES string of the molecule is O=C(Cn1ccc(C(F)(F)F)n1)N1N=CC[C@]1(O)C(F)(F)F. The summed E-state index contributed by atoms with van der Waals surface area (Å²) in [6.07, 6.45) is -9.40. The van der Waals surface area contributed by atoms with Gasteiger partial charge in [0, 0.05) is 18.8 Å². The number of nitrogens with zero attached hydrogens (tertiary/aromatic N) is 4. The minimum absolute atomic E-state index is 0.206. The van der Waals surface area contributed by atoms with E-state index in [0.717, 1.165) is 6.20 Å². The van der Waals surface area contributed by atoms with Crippen LogP contribution in [0, 0.1) is 0 Å². The Balaban J connectivity index is 2.16. The van der Waals surface area contributed by atoms with E-state index in [-0.39, 0.29) is 5.01 Å². The first kappa shape index (κ1) is 16.3. The summed E-state index contributed by atoms with van der Waals surface area (Å²) in [5.74, 6) is -1.36. The maximum Gasteiger partial charge on any atom is 0.438 e. The molecule has 0 fully saturated rings. The molecule has 1 aliphatic heterocycles. The van der Waals surface area contributed by atoms with Crippen molar-refractivity contribution in [3.63, 3.8) is 0 Å². The normalized spacial score (nSPS) is 22.4. The molecule has 0 unspecified atom stereocenters. The number of amides is 1. The minimum Gasteiger partial charge on any atom is -0.362 e. The number of hydrogen-bond acceptors (Lipinski definition) is 4. The van der Waals surface area contributed by atoms with Gasteiger partial charge in [-0.3, -0.25) is 9.48 Å². The van der Waals surface area contributed by atoms with Gasteiger partial charge in [0.05, 0.1) is 0 Å². The predicted molar refractivity (Wildman–Crippen MR) is 58.2 cm³/mol. The summed E-state index contributed by atoms with van der Waals surface area (Å²) in [6.45, 7) is -0.939. The molecule has 2 heterocycles. The third kappa shape index (κ3) is 2.77. The van der Waals surface area contributed by atoms with Gasteiger partial charge in [-0.1, -0.05) is 0 Å². The van der Waals surface area contributed by atoms with Crippen molar-refractivity contribution in [1.82, 2.24) is 14.8 Å². The Morgan fingerprint density at radius 2 is 1.95 bits per heavy atom. The van der Waals surface area contributed by atoms with Gasteiger partial charge in [-0.05, 0) is 6.07 Å². The summed E-state index contributed by atoms with van der Waals surface area (Å²) in [4.78, 5) is 11.7. The second kappa shape index (κ2) is 4.97. The number of halogens is 6. The van der Waals surface area contributed by atoms with Crippen LogP contribution in [0.4, 0.5) is 26.3 Å². The maximum absolute atomic E-state index is 12.8. The van der Waals surface area contributed by atoms with Gasteiger partial charge in [-0.15, -0.1) is 0 Å². The van der Waals surface area contributed by atoms with Crippen LogP contribution in [0.25, 0.3) is 0 Å². The summed E-state index contributed by atoms with van der Waals surface area (Å²) >= 11 is 0. The highest BCUT2D eigenvalue weighted by Crippen LogP contribution is 2.38. The fourth-order valence-corrected chi connectivity index (χ4v) is 1.74. The van der Waals surface area contributed by atoms with Crippen LogP contribution in [0.15, 0.2) is 17.4 Å². The zero-order valence-electron chi connectivity index (χ0n) is 10.6. The minimum atomic E-state index is -5.17. The zero-order valence-corrected chi connectivity index (χ0v) is 10.6. The molecule has 0 spiro atoms. The van der Waals surface area contributed by atoms with E-state index < -0.39 is 42.6 Å². The molecule has 0 aromatic carbocycles. The van der Waals surface area contributed by atoms with Crippen LogP contribution in [0.5, 0.6) is 0 Å². The molecule has 0 radical (unpaired) electrons. The molecule has 1 amide bonds. The van der Waals surface area contributed by atoms with E-state index in [1.807, 2.05) is 0 Å². The highest BCUT2D eigenvalue weighted by atomic mass is 19.4. The molecular formula is C10H8F6N4O2. The fourth-order valence-electron chi connectivity index (χ4n) is 1.74. The largest absolute Gasteiger partial charge is 0.438 e. The van der Waals surface area contributed by atoms with E-state index in [1.165, 1.54) is 0 Å². The molecule has 122 valence electrons. The molecule has 0 saturated carbocycles. The molecule has 1 N–H and O–H groups in total. The van der Waals surface area contributed by atoms with Crippen molar-refractivity contribution >= 4 is 12.1 Å². The van der Waals surface area contributed by atoms with Crippen LogP contribution < -0.4 is 0 Å². The quantitative estimate of drug-likeness (QED) is 0.833. The number of alkyl halides is 6. The molecule has 0 saturated heterocycles.